The number of benzene rings is 2. The first-order valence-electron chi connectivity index (χ1n) is 7.09. The van der Waals surface area contributed by atoms with Gasteiger partial charge in [0.2, 0.25) is 0 Å². The zero-order valence-electron chi connectivity index (χ0n) is 12.8. The van der Waals surface area contributed by atoms with Gasteiger partial charge in [-0.05, 0) is 29.2 Å². The van der Waals surface area contributed by atoms with Crippen molar-refractivity contribution < 1.29 is 4.79 Å². The van der Waals surface area contributed by atoms with E-state index in [9.17, 15) is 4.79 Å². The van der Waals surface area contributed by atoms with Gasteiger partial charge in [0.25, 0.3) is 5.91 Å². The van der Waals surface area contributed by atoms with Crippen LogP contribution in [-0.2, 0) is 0 Å². The molecule has 110 valence electrons. The van der Waals surface area contributed by atoms with E-state index >= 15 is 0 Å². The minimum Gasteiger partial charge on any atom is -0.399 e. The number of carbonyl (C=O) groups excluding carboxylic acids is 1. The van der Waals surface area contributed by atoms with Gasteiger partial charge < -0.3 is 11.1 Å². The van der Waals surface area contributed by atoms with Crippen LogP contribution in [0.25, 0.3) is 0 Å². The molecule has 2 aromatic carbocycles. The first kappa shape index (κ1) is 15.1. The van der Waals surface area contributed by atoms with E-state index in [4.69, 9.17) is 5.73 Å². The Morgan fingerprint density at radius 3 is 2.29 bits per heavy atom. The highest BCUT2D eigenvalue weighted by molar-refractivity contribution is 5.95. The van der Waals surface area contributed by atoms with Crippen molar-refractivity contribution in [3.63, 3.8) is 0 Å². The number of carbonyl (C=O) groups is 1. The largest absolute Gasteiger partial charge is 0.399 e. The molecule has 0 saturated heterocycles. The molecular weight excluding hydrogens is 260 g/mol. The van der Waals surface area contributed by atoms with Crippen LogP contribution in [0.3, 0.4) is 0 Å². The van der Waals surface area contributed by atoms with Gasteiger partial charge in [0, 0.05) is 11.3 Å². The maximum Gasteiger partial charge on any atom is 0.251 e. The predicted molar refractivity (Wildman–Crippen MR) is 87.0 cm³/mol. The molecule has 0 fully saturated rings. The number of rotatable bonds is 3. The topological polar surface area (TPSA) is 55.1 Å². The van der Waals surface area contributed by atoms with E-state index in [0.717, 1.165) is 5.56 Å². The zero-order valence-corrected chi connectivity index (χ0v) is 12.8. The normalized spacial score (nSPS) is 12.7. The highest BCUT2D eigenvalue weighted by Crippen LogP contribution is 2.32. The Morgan fingerprint density at radius 1 is 1.05 bits per heavy atom. The maximum atomic E-state index is 12.5. The van der Waals surface area contributed by atoms with Crippen LogP contribution in [-0.4, -0.2) is 5.91 Å². The van der Waals surface area contributed by atoms with E-state index in [1.165, 1.54) is 0 Å². The molecule has 21 heavy (non-hydrogen) atoms. The Hall–Kier alpha value is -2.29. The van der Waals surface area contributed by atoms with E-state index in [0.29, 0.717) is 11.3 Å². The number of nitrogens with two attached hydrogens (primary N) is 1. The van der Waals surface area contributed by atoms with Crippen molar-refractivity contribution in [1.29, 1.82) is 0 Å². The number of anilines is 1. The lowest BCUT2D eigenvalue weighted by Gasteiger charge is -2.32. The lowest BCUT2D eigenvalue weighted by atomic mass is 9.82. The summed E-state index contributed by atoms with van der Waals surface area (Å²) in [6, 6.07) is 17.0. The summed E-state index contributed by atoms with van der Waals surface area (Å²) in [4.78, 5) is 12.5. The standard InChI is InChI=1S/C18H22N2O/c1-18(2,3)16(13-8-5-4-6-9-13)20-17(21)14-10-7-11-15(19)12-14/h4-12,16H,19H2,1-3H3,(H,20,21). The predicted octanol–water partition coefficient (Wildman–Crippen LogP) is 3.79. The summed E-state index contributed by atoms with van der Waals surface area (Å²) in [5.74, 6) is -0.105. The van der Waals surface area contributed by atoms with Crippen LogP contribution in [0.15, 0.2) is 54.6 Å². The van der Waals surface area contributed by atoms with E-state index < -0.39 is 0 Å². The highest BCUT2D eigenvalue weighted by atomic mass is 16.1. The van der Waals surface area contributed by atoms with E-state index in [1.807, 2.05) is 30.3 Å². The van der Waals surface area contributed by atoms with Crippen molar-refractivity contribution in [1.82, 2.24) is 5.32 Å². The fourth-order valence-electron chi connectivity index (χ4n) is 2.34. The Bertz CT molecular complexity index is 615. The molecule has 0 aliphatic carbocycles. The second-order valence-corrected chi connectivity index (χ2v) is 6.31. The quantitative estimate of drug-likeness (QED) is 0.842. The molecule has 3 N–H and O–H groups in total. The Balaban J connectivity index is 2.26. The molecule has 2 rings (SSSR count). The van der Waals surface area contributed by atoms with Gasteiger partial charge in [0.15, 0.2) is 0 Å². The van der Waals surface area contributed by atoms with Gasteiger partial charge in [-0.3, -0.25) is 4.79 Å². The van der Waals surface area contributed by atoms with Crippen molar-refractivity contribution in [3.05, 3.63) is 65.7 Å². The first-order valence-corrected chi connectivity index (χ1v) is 7.09. The SMILES string of the molecule is CC(C)(C)C(NC(=O)c1cccc(N)c1)c1ccccc1. The molecule has 0 aromatic heterocycles. The second-order valence-electron chi connectivity index (χ2n) is 6.31. The summed E-state index contributed by atoms with van der Waals surface area (Å²) >= 11 is 0. The lowest BCUT2D eigenvalue weighted by molar-refractivity contribution is 0.0902. The van der Waals surface area contributed by atoms with Gasteiger partial charge in [0.1, 0.15) is 0 Å². The van der Waals surface area contributed by atoms with Crippen LogP contribution < -0.4 is 11.1 Å². The van der Waals surface area contributed by atoms with Crippen molar-refractivity contribution in [3.8, 4) is 0 Å². The summed E-state index contributed by atoms with van der Waals surface area (Å²) in [6.07, 6.45) is 0. The fourth-order valence-corrected chi connectivity index (χ4v) is 2.34. The van der Waals surface area contributed by atoms with Crippen LogP contribution in [0.2, 0.25) is 0 Å². The Morgan fingerprint density at radius 2 is 1.71 bits per heavy atom. The number of hydrogen-bond acceptors (Lipinski definition) is 2. The molecule has 0 bridgehead atoms. The minimum atomic E-state index is -0.105. The van der Waals surface area contributed by atoms with Crippen LogP contribution >= 0.6 is 0 Å². The zero-order chi connectivity index (χ0) is 15.5. The average Bonchev–Trinajstić information content (AvgIpc) is 2.44. The van der Waals surface area contributed by atoms with Gasteiger partial charge in [-0.2, -0.15) is 0 Å². The molecule has 0 heterocycles. The number of amides is 1. The average molecular weight is 282 g/mol. The third kappa shape index (κ3) is 3.85. The van der Waals surface area contributed by atoms with Crippen LogP contribution in [0.4, 0.5) is 5.69 Å². The Labute approximate surface area is 126 Å². The monoisotopic (exact) mass is 282 g/mol. The molecule has 0 spiro atoms. The maximum absolute atomic E-state index is 12.5. The third-order valence-electron chi connectivity index (χ3n) is 3.42. The molecule has 1 amide bonds. The van der Waals surface area contributed by atoms with E-state index in [-0.39, 0.29) is 17.4 Å². The van der Waals surface area contributed by atoms with Crippen molar-refractivity contribution >= 4 is 11.6 Å². The molecule has 1 atom stereocenters. The number of nitrogens with one attached hydrogen (secondary N) is 1. The first-order chi connectivity index (χ1) is 9.88. The summed E-state index contributed by atoms with van der Waals surface area (Å²) in [5.41, 5.74) is 7.93. The third-order valence-corrected chi connectivity index (χ3v) is 3.42. The summed E-state index contributed by atoms with van der Waals surface area (Å²) in [6.45, 7) is 6.35. The smallest absolute Gasteiger partial charge is 0.251 e. The van der Waals surface area contributed by atoms with Crippen molar-refractivity contribution in [2.75, 3.05) is 5.73 Å². The molecular formula is C18H22N2O. The summed E-state index contributed by atoms with van der Waals surface area (Å²) < 4.78 is 0. The van der Waals surface area contributed by atoms with Crippen molar-refractivity contribution in [2.24, 2.45) is 5.41 Å². The highest BCUT2D eigenvalue weighted by Gasteiger charge is 2.28. The van der Waals surface area contributed by atoms with Crippen molar-refractivity contribution in [2.45, 2.75) is 26.8 Å². The molecule has 3 nitrogen and oxygen atoms in total. The van der Waals surface area contributed by atoms with Gasteiger partial charge in [-0.25, -0.2) is 0 Å². The molecule has 0 aliphatic heterocycles. The summed E-state index contributed by atoms with van der Waals surface area (Å²) in [7, 11) is 0. The van der Waals surface area contributed by atoms with Crippen LogP contribution in [0.1, 0.15) is 42.7 Å². The molecule has 0 radical (unpaired) electrons. The van der Waals surface area contributed by atoms with E-state index in [2.05, 4.69) is 26.1 Å². The molecule has 0 aliphatic rings. The van der Waals surface area contributed by atoms with Gasteiger partial charge in [-0.1, -0.05) is 57.2 Å². The number of nitrogen functional groups attached to an aromatic ring is 1. The lowest BCUT2D eigenvalue weighted by Crippen LogP contribution is -2.36. The summed E-state index contributed by atoms with van der Waals surface area (Å²) in [5, 5.41) is 3.12. The number of hydrogen-bond donors (Lipinski definition) is 2. The van der Waals surface area contributed by atoms with Crippen LogP contribution in [0, 0.1) is 5.41 Å². The Kier molecular flexibility index (Phi) is 4.32. The second kappa shape index (κ2) is 6.00. The van der Waals surface area contributed by atoms with E-state index in [1.54, 1.807) is 24.3 Å². The van der Waals surface area contributed by atoms with Gasteiger partial charge >= 0.3 is 0 Å². The fraction of sp³-hybridized carbons (Fsp3) is 0.278. The van der Waals surface area contributed by atoms with Gasteiger partial charge in [0.05, 0.1) is 6.04 Å². The van der Waals surface area contributed by atoms with Crippen LogP contribution in [0.5, 0.6) is 0 Å². The molecule has 3 heteroatoms. The van der Waals surface area contributed by atoms with Gasteiger partial charge in [-0.15, -0.1) is 0 Å². The molecule has 1 unspecified atom stereocenters. The minimum absolute atomic E-state index is 0.0624. The molecule has 0 saturated carbocycles. The molecule has 2 aromatic rings.